The van der Waals surface area contributed by atoms with E-state index in [0.29, 0.717) is 37.1 Å². The van der Waals surface area contributed by atoms with Crippen LogP contribution in [0.4, 0.5) is 0 Å². The first-order valence-electron chi connectivity index (χ1n) is 6.94. The SMILES string of the molecule is NCC1(N2CCS(=O)(=O)CC2)CN2CCC1CC2. The molecule has 2 N–H and O–H groups in total. The van der Waals surface area contributed by atoms with E-state index >= 15 is 0 Å². The van der Waals surface area contributed by atoms with Gasteiger partial charge in [0, 0.05) is 31.7 Å². The summed E-state index contributed by atoms with van der Waals surface area (Å²) < 4.78 is 23.1. The lowest BCUT2D eigenvalue weighted by Gasteiger charge is -2.58. The van der Waals surface area contributed by atoms with Crippen molar-refractivity contribution in [2.24, 2.45) is 11.7 Å². The predicted octanol–water partition coefficient (Wildman–Crippen LogP) is -0.860. The standard InChI is InChI=1S/C12H23N3O2S/c13-9-12(10-14-3-1-11(12)2-4-14)15-5-7-18(16,17)8-6-15/h11H,1-10,13H2. The van der Waals surface area contributed by atoms with Gasteiger partial charge in [0.25, 0.3) is 0 Å². The molecule has 0 aromatic rings. The van der Waals surface area contributed by atoms with Gasteiger partial charge in [-0.2, -0.15) is 0 Å². The van der Waals surface area contributed by atoms with Gasteiger partial charge in [-0.3, -0.25) is 4.90 Å². The third-order valence-corrected chi connectivity index (χ3v) is 6.78. The number of rotatable bonds is 2. The van der Waals surface area contributed by atoms with Gasteiger partial charge in [0.05, 0.1) is 11.5 Å². The second-order valence-electron chi connectivity index (χ2n) is 6.00. The summed E-state index contributed by atoms with van der Waals surface area (Å²) in [6.45, 7) is 5.42. The zero-order valence-corrected chi connectivity index (χ0v) is 11.7. The van der Waals surface area contributed by atoms with E-state index in [1.165, 1.54) is 25.9 Å². The Bertz CT molecular complexity index is 403. The highest BCUT2D eigenvalue weighted by Gasteiger charge is 2.50. The smallest absolute Gasteiger partial charge is 0.152 e. The van der Waals surface area contributed by atoms with Crippen LogP contribution >= 0.6 is 0 Å². The largest absolute Gasteiger partial charge is 0.329 e. The molecular formula is C12H23N3O2S. The van der Waals surface area contributed by atoms with E-state index in [1.807, 2.05) is 0 Å². The first kappa shape index (κ1) is 12.8. The fraction of sp³-hybridized carbons (Fsp3) is 1.00. The lowest BCUT2D eigenvalue weighted by molar-refractivity contribution is -0.0637. The lowest BCUT2D eigenvalue weighted by atomic mass is 9.71. The Kier molecular flexibility index (Phi) is 3.17. The van der Waals surface area contributed by atoms with Crippen molar-refractivity contribution in [3.63, 3.8) is 0 Å². The van der Waals surface area contributed by atoms with Gasteiger partial charge < -0.3 is 10.6 Å². The van der Waals surface area contributed by atoms with Gasteiger partial charge in [0.1, 0.15) is 0 Å². The molecule has 4 fully saturated rings. The van der Waals surface area contributed by atoms with E-state index in [2.05, 4.69) is 9.80 Å². The van der Waals surface area contributed by atoms with E-state index in [9.17, 15) is 8.42 Å². The average molecular weight is 273 g/mol. The lowest BCUT2D eigenvalue weighted by Crippen LogP contribution is -2.71. The van der Waals surface area contributed by atoms with E-state index in [-0.39, 0.29) is 5.54 Å². The Morgan fingerprint density at radius 3 is 2.17 bits per heavy atom. The molecule has 4 aliphatic rings. The summed E-state index contributed by atoms with van der Waals surface area (Å²) in [4.78, 5) is 4.88. The third kappa shape index (κ3) is 1.99. The molecule has 0 spiro atoms. The van der Waals surface area contributed by atoms with Crippen LogP contribution in [0.25, 0.3) is 0 Å². The molecule has 1 atom stereocenters. The number of sulfone groups is 1. The molecular weight excluding hydrogens is 250 g/mol. The molecule has 4 rings (SSSR count). The van der Waals surface area contributed by atoms with E-state index < -0.39 is 9.84 Å². The summed E-state index contributed by atoms with van der Waals surface area (Å²) in [5, 5.41) is 0. The maximum atomic E-state index is 11.6. The molecule has 0 radical (unpaired) electrons. The quantitative estimate of drug-likeness (QED) is 0.709. The van der Waals surface area contributed by atoms with Gasteiger partial charge in [-0.1, -0.05) is 0 Å². The van der Waals surface area contributed by atoms with Crippen LogP contribution in [0.2, 0.25) is 0 Å². The molecule has 0 amide bonds. The van der Waals surface area contributed by atoms with Crippen LogP contribution in [0.5, 0.6) is 0 Å². The zero-order valence-electron chi connectivity index (χ0n) is 10.8. The van der Waals surface area contributed by atoms with Crippen molar-refractivity contribution in [2.75, 3.05) is 50.8 Å². The number of piperidine rings is 3. The molecule has 0 aromatic heterocycles. The van der Waals surface area contributed by atoms with E-state index in [4.69, 9.17) is 5.73 Å². The maximum Gasteiger partial charge on any atom is 0.152 e. The van der Waals surface area contributed by atoms with Crippen LogP contribution in [-0.2, 0) is 9.84 Å². The molecule has 0 aliphatic carbocycles. The molecule has 4 saturated heterocycles. The van der Waals surface area contributed by atoms with Crippen molar-refractivity contribution in [3.8, 4) is 0 Å². The average Bonchev–Trinajstić information content (AvgIpc) is 2.39. The minimum Gasteiger partial charge on any atom is -0.329 e. The second kappa shape index (κ2) is 4.44. The summed E-state index contributed by atoms with van der Waals surface area (Å²) in [5.74, 6) is 1.27. The van der Waals surface area contributed by atoms with Crippen LogP contribution in [-0.4, -0.2) is 74.5 Å². The summed E-state index contributed by atoms with van der Waals surface area (Å²) in [5.41, 5.74) is 6.15. The summed E-state index contributed by atoms with van der Waals surface area (Å²) in [6.07, 6.45) is 2.45. The molecule has 6 heteroatoms. The summed E-state index contributed by atoms with van der Waals surface area (Å²) in [7, 11) is -2.80. The molecule has 1 unspecified atom stereocenters. The van der Waals surface area contributed by atoms with Crippen molar-refractivity contribution in [2.45, 2.75) is 18.4 Å². The molecule has 4 heterocycles. The second-order valence-corrected chi connectivity index (χ2v) is 8.30. The Labute approximate surface area is 109 Å². The van der Waals surface area contributed by atoms with Crippen LogP contribution < -0.4 is 5.73 Å². The number of nitrogens with zero attached hydrogens (tertiary/aromatic N) is 2. The Morgan fingerprint density at radius 1 is 1.11 bits per heavy atom. The third-order valence-electron chi connectivity index (χ3n) is 5.17. The first-order chi connectivity index (χ1) is 8.56. The number of hydrogen-bond acceptors (Lipinski definition) is 5. The van der Waals surface area contributed by atoms with E-state index in [0.717, 1.165) is 6.54 Å². The fourth-order valence-electron chi connectivity index (χ4n) is 4.02. The highest BCUT2D eigenvalue weighted by atomic mass is 32.2. The number of nitrogens with two attached hydrogens (primary N) is 1. The zero-order chi connectivity index (χ0) is 12.8. The van der Waals surface area contributed by atoms with Crippen LogP contribution in [0.1, 0.15) is 12.8 Å². The van der Waals surface area contributed by atoms with Gasteiger partial charge in [0.2, 0.25) is 0 Å². The van der Waals surface area contributed by atoms with Crippen molar-refractivity contribution >= 4 is 9.84 Å². The van der Waals surface area contributed by atoms with Crippen molar-refractivity contribution < 1.29 is 8.42 Å². The molecule has 18 heavy (non-hydrogen) atoms. The minimum absolute atomic E-state index is 0.0481. The molecule has 104 valence electrons. The maximum absolute atomic E-state index is 11.6. The van der Waals surface area contributed by atoms with Gasteiger partial charge >= 0.3 is 0 Å². The minimum atomic E-state index is -2.80. The normalized spacial score (nSPS) is 44.1. The highest BCUT2D eigenvalue weighted by Crippen LogP contribution is 2.39. The predicted molar refractivity (Wildman–Crippen MR) is 71.2 cm³/mol. The summed E-state index contributed by atoms with van der Waals surface area (Å²) in [6, 6.07) is 0. The van der Waals surface area contributed by atoms with Crippen molar-refractivity contribution in [1.29, 1.82) is 0 Å². The van der Waals surface area contributed by atoms with Crippen LogP contribution in [0.3, 0.4) is 0 Å². The molecule has 0 saturated carbocycles. The molecule has 4 aliphatic heterocycles. The van der Waals surface area contributed by atoms with Crippen LogP contribution in [0.15, 0.2) is 0 Å². The van der Waals surface area contributed by atoms with Crippen LogP contribution in [0, 0.1) is 5.92 Å². The Balaban J connectivity index is 1.80. The van der Waals surface area contributed by atoms with E-state index in [1.54, 1.807) is 0 Å². The van der Waals surface area contributed by atoms with Gasteiger partial charge in [-0.15, -0.1) is 0 Å². The topological polar surface area (TPSA) is 66.6 Å². The fourth-order valence-corrected chi connectivity index (χ4v) is 5.22. The monoisotopic (exact) mass is 273 g/mol. The number of fused-ring (bicyclic) bond motifs is 3. The van der Waals surface area contributed by atoms with Crippen molar-refractivity contribution in [3.05, 3.63) is 0 Å². The Hall–Kier alpha value is -0.170. The van der Waals surface area contributed by atoms with Gasteiger partial charge in [-0.05, 0) is 31.8 Å². The molecule has 5 nitrogen and oxygen atoms in total. The first-order valence-corrected chi connectivity index (χ1v) is 8.76. The molecule has 2 bridgehead atoms. The highest BCUT2D eigenvalue weighted by molar-refractivity contribution is 7.91. The Morgan fingerprint density at radius 2 is 1.72 bits per heavy atom. The summed E-state index contributed by atoms with van der Waals surface area (Å²) >= 11 is 0. The number of hydrogen-bond donors (Lipinski definition) is 1. The van der Waals surface area contributed by atoms with Gasteiger partial charge in [-0.25, -0.2) is 8.42 Å². The van der Waals surface area contributed by atoms with Crippen molar-refractivity contribution in [1.82, 2.24) is 9.80 Å². The van der Waals surface area contributed by atoms with Gasteiger partial charge in [0.15, 0.2) is 9.84 Å². The molecule has 0 aromatic carbocycles.